The number of likely N-dealkylation sites (tertiary alicyclic amines) is 1. The summed E-state index contributed by atoms with van der Waals surface area (Å²) in [5.41, 5.74) is 6.21. The summed E-state index contributed by atoms with van der Waals surface area (Å²) in [4.78, 5) is 18.9. The molecule has 2 atom stereocenters. The molecular formula is C17H23N5O3. The molecule has 25 heavy (non-hydrogen) atoms. The van der Waals surface area contributed by atoms with Crippen LogP contribution in [0, 0.1) is 0 Å². The summed E-state index contributed by atoms with van der Waals surface area (Å²) in [5.74, 6) is 0.911. The number of hydrogen-bond donors (Lipinski definition) is 1. The molecule has 1 saturated heterocycles. The highest BCUT2D eigenvalue weighted by atomic mass is 16.5. The molecule has 8 heteroatoms. The summed E-state index contributed by atoms with van der Waals surface area (Å²) in [7, 11) is 1.67. The molecule has 0 spiro atoms. The number of nitrogens with zero attached hydrogens (tertiary/aromatic N) is 4. The molecule has 3 heterocycles. The molecule has 3 rings (SSSR count). The minimum Gasteiger partial charge on any atom is -0.478 e. The Labute approximate surface area is 146 Å². The molecule has 0 radical (unpaired) electrons. The van der Waals surface area contributed by atoms with Crippen LogP contribution in [0.5, 0.6) is 5.88 Å². The van der Waals surface area contributed by atoms with E-state index >= 15 is 0 Å². The van der Waals surface area contributed by atoms with Crippen molar-refractivity contribution < 1.29 is 14.3 Å². The largest absolute Gasteiger partial charge is 0.478 e. The van der Waals surface area contributed by atoms with E-state index in [0.29, 0.717) is 37.0 Å². The van der Waals surface area contributed by atoms with E-state index in [2.05, 4.69) is 10.1 Å². The normalized spacial score (nSPS) is 20.0. The third-order valence-corrected chi connectivity index (χ3v) is 4.30. The van der Waals surface area contributed by atoms with Crippen molar-refractivity contribution in [2.75, 3.05) is 26.0 Å². The average Bonchev–Trinajstić information content (AvgIpc) is 3.21. The number of ether oxygens (including phenoxy) is 2. The number of pyridine rings is 1. The Morgan fingerprint density at radius 3 is 2.84 bits per heavy atom. The number of carbonyl (C=O) groups excluding carboxylic acids is 1. The van der Waals surface area contributed by atoms with E-state index in [1.165, 1.54) is 0 Å². The fraction of sp³-hybridized carbons (Fsp3) is 0.471. The van der Waals surface area contributed by atoms with Gasteiger partial charge in [-0.05, 0) is 25.5 Å². The molecule has 0 saturated carbocycles. The number of nitrogen functional groups attached to an aromatic ring is 1. The zero-order valence-electron chi connectivity index (χ0n) is 14.5. The summed E-state index contributed by atoms with van der Waals surface area (Å²) < 4.78 is 12.5. The summed E-state index contributed by atoms with van der Waals surface area (Å²) in [5, 5.41) is 4.21. The van der Waals surface area contributed by atoms with Gasteiger partial charge >= 0.3 is 0 Å². The number of hydrogen-bond acceptors (Lipinski definition) is 6. The highest BCUT2D eigenvalue weighted by molar-refractivity contribution is 5.94. The standard InChI is InChI=1S/C17H23N5O3/c1-3-25-16-5-4-12(9-19-16)17(23)22-11-14(24-2)8-13(22)10-21-7-6-15(18)20-21/h4-7,9,13-14H,3,8,10-11H2,1-2H3,(H2,18,20)/t13-,14-/m0/s1. The van der Waals surface area contributed by atoms with Crippen molar-refractivity contribution in [3.05, 3.63) is 36.2 Å². The van der Waals surface area contributed by atoms with Crippen LogP contribution in [0.1, 0.15) is 23.7 Å². The van der Waals surface area contributed by atoms with E-state index < -0.39 is 0 Å². The first-order valence-corrected chi connectivity index (χ1v) is 8.32. The van der Waals surface area contributed by atoms with Gasteiger partial charge in [0.25, 0.3) is 5.91 Å². The van der Waals surface area contributed by atoms with Gasteiger partial charge in [-0.2, -0.15) is 5.10 Å². The first-order valence-electron chi connectivity index (χ1n) is 8.32. The number of nitrogens with two attached hydrogens (primary N) is 1. The minimum atomic E-state index is -0.0692. The fourth-order valence-electron chi connectivity index (χ4n) is 3.07. The Hall–Kier alpha value is -2.61. The van der Waals surface area contributed by atoms with E-state index in [1.54, 1.807) is 36.2 Å². The molecule has 8 nitrogen and oxygen atoms in total. The van der Waals surface area contributed by atoms with Gasteiger partial charge in [0.2, 0.25) is 5.88 Å². The van der Waals surface area contributed by atoms with Crippen molar-refractivity contribution >= 4 is 11.7 Å². The van der Waals surface area contributed by atoms with Gasteiger partial charge in [0.05, 0.1) is 30.9 Å². The van der Waals surface area contributed by atoms with Gasteiger partial charge in [-0.3, -0.25) is 9.48 Å². The van der Waals surface area contributed by atoms with E-state index in [9.17, 15) is 4.79 Å². The first kappa shape index (κ1) is 17.2. The smallest absolute Gasteiger partial charge is 0.255 e. The molecule has 2 aromatic rings. The van der Waals surface area contributed by atoms with Gasteiger partial charge in [-0.25, -0.2) is 4.98 Å². The van der Waals surface area contributed by atoms with Crippen LogP contribution in [0.25, 0.3) is 0 Å². The second-order valence-electron chi connectivity index (χ2n) is 5.99. The van der Waals surface area contributed by atoms with Crippen LogP contribution in [0.3, 0.4) is 0 Å². The van der Waals surface area contributed by atoms with E-state index in [-0.39, 0.29) is 18.1 Å². The lowest BCUT2D eigenvalue weighted by molar-refractivity contribution is 0.0678. The monoisotopic (exact) mass is 345 g/mol. The average molecular weight is 345 g/mol. The van der Waals surface area contributed by atoms with Gasteiger partial charge in [0.15, 0.2) is 0 Å². The Kier molecular flexibility index (Phi) is 5.18. The fourth-order valence-corrected chi connectivity index (χ4v) is 3.07. The minimum absolute atomic E-state index is 0.0108. The maximum absolute atomic E-state index is 12.9. The van der Waals surface area contributed by atoms with Gasteiger partial charge < -0.3 is 20.1 Å². The molecule has 2 N–H and O–H groups in total. The number of aromatic nitrogens is 3. The van der Waals surface area contributed by atoms with E-state index in [1.807, 2.05) is 18.0 Å². The summed E-state index contributed by atoms with van der Waals surface area (Å²) >= 11 is 0. The van der Waals surface area contributed by atoms with Crippen LogP contribution in [-0.4, -0.2) is 58.0 Å². The molecule has 1 fully saturated rings. The first-order chi connectivity index (χ1) is 12.1. The van der Waals surface area contributed by atoms with Crippen molar-refractivity contribution in [3.63, 3.8) is 0 Å². The van der Waals surface area contributed by atoms with Gasteiger partial charge in [0, 0.05) is 32.1 Å². The van der Waals surface area contributed by atoms with Crippen molar-refractivity contribution in [1.29, 1.82) is 0 Å². The molecule has 134 valence electrons. The van der Waals surface area contributed by atoms with Crippen molar-refractivity contribution in [2.24, 2.45) is 0 Å². The van der Waals surface area contributed by atoms with Crippen LogP contribution in [0.4, 0.5) is 5.82 Å². The van der Waals surface area contributed by atoms with Crippen LogP contribution in [0.15, 0.2) is 30.6 Å². The van der Waals surface area contributed by atoms with Crippen LogP contribution >= 0.6 is 0 Å². The molecule has 1 aliphatic heterocycles. The predicted molar refractivity (Wildman–Crippen MR) is 92.3 cm³/mol. The van der Waals surface area contributed by atoms with Gasteiger partial charge in [0.1, 0.15) is 5.82 Å². The molecule has 1 amide bonds. The predicted octanol–water partition coefficient (Wildman–Crippen LogP) is 1.19. The molecule has 0 aromatic carbocycles. The van der Waals surface area contributed by atoms with Crippen LogP contribution in [-0.2, 0) is 11.3 Å². The van der Waals surface area contributed by atoms with Crippen LogP contribution in [0.2, 0.25) is 0 Å². The van der Waals surface area contributed by atoms with Gasteiger partial charge in [-0.15, -0.1) is 0 Å². The summed E-state index contributed by atoms with van der Waals surface area (Å²) in [6.07, 6.45) is 4.14. The number of methoxy groups -OCH3 is 1. The maximum atomic E-state index is 12.9. The topological polar surface area (TPSA) is 95.5 Å². The SMILES string of the molecule is CCOc1ccc(C(=O)N2C[C@@H](OC)C[C@H]2Cn2ccc(N)n2)cn1. The number of anilines is 1. The molecule has 2 aromatic heterocycles. The van der Waals surface area contributed by atoms with Gasteiger partial charge in [-0.1, -0.05) is 0 Å². The highest BCUT2D eigenvalue weighted by Gasteiger charge is 2.36. The molecule has 1 aliphatic rings. The Bertz CT molecular complexity index is 715. The second kappa shape index (κ2) is 7.52. The molecular weight excluding hydrogens is 322 g/mol. The van der Waals surface area contributed by atoms with Crippen molar-refractivity contribution in [1.82, 2.24) is 19.7 Å². The third-order valence-electron chi connectivity index (χ3n) is 4.30. The zero-order valence-corrected chi connectivity index (χ0v) is 14.5. The number of rotatable bonds is 6. The van der Waals surface area contributed by atoms with Crippen LogP contribution < -0.4 is 10.5 Å². The summed E-state index contributed by atoms with van der Waals surface area (Å²) in [6.45, 7) is 3.55. The lowest BCUT2D eigenvalue weighted by atomic mass is 10.2. The Morgan fingerprint density at radius 2 is 2.24 bits per heavy atom. The van der Waals surface area contributed by atoms with Crippen molar-refractivity contribution in [2.45, 2.75) is 32.0 Å². The lowest BCUT2D eigenvalue weighted by Crippen LogP contribution is -2.38. The lowest BCUT2D eigenvalue weighted by Gasteiger charge is -2.24. The molecule has 0 unspecified atom stereocenters. The quantitative estimate of drug-likeness (QED) is 0.845. The van der Waals surface area contributed by atoms with E-state index in [0.717, 1.165) is 6.42 Å². The molecule has 0 aliphatic carbocycles. The molecule has 0 bridgehead atoms. The highest BCUT2D eigenvalue weighted by Crippen LogP contribution is 2.24. The maximum Gasteiger partial charge on any atom is 0.255 e. The zero-order chi connectivity index (χ0) is 17.8. The Balaban J connectivity index is 1.75. The van der Waals surface area contributed by atoms with Crippen molar-refractivity contribution in [3.8, 4) is 5.88 Å². The third kappa shape index (κ3) is 3.90. The second-order valence-corrected chi connectivity index (χ2v) is 5.99. The van der Waals surface area contributed by atoms with E-state index in [4.69, 9.17) is 15.2 Å². The number of amides is 1. The summed E-state index contributed by atoms with van der Waals surface area (Å²) in [6, 6.07) is 5.18. The Morgan fingerprint density at radius 1 is 1.40 bits per heavy atom. The number of carbonyl (C=O) groups is 1.